The van der Waals surface area contributed by atoms with Crippen molar-refractivity contribution in [2.75, 3.05) is 0 Å². The van der Waals surface area contributed by atoms with Crippen molar-refractivity contribution in [2.45, 2.75) is 19.3 Å². The first-order valence-electron chi connectivity index (χ1n) is 5.87. The van der Waals surface area contributed by atoms with Gasteiger partial charge >= 0.3 is 0 Å². The lowest BCUT2D eigenvalue weighted by molar-refractivity contribution is 0.467. The second-order valence-corrected chi connectivity index (χ2v) is 8.61. The number of benzene rings is 2. The minimum Gasteiger partial charge on any atom is -0.506 e. The van der Waals surface area contributed by atoms with Gasteiger partial charge in [0.05, 0.1) is 8.95 Å². The van der Waals surface area contributed by atoms with Crippen LogP contribution in [0.1, 0.15) is 25.0 Å². The standard InChI is InChI=1S/C15H12Br4O/c1-15(2,8-3-10(16)7-11(17)4-8)9-5-12(18)14(20)13(19)6-9/h3-7,20H,1-2H3. The fourth-order valence-corrected chi connectivity index (χ4v) is 4.49. The van der Waals surface area contributed by atoms with Gasteiger partial charge in [-0.1, -0.05) is 45.7 Å². The van der Waals surface area contributed by atoms with Crippen molar-refractivity contribution >= 4 is 63.7 Å². The van der Waals surface area contributed by atoms with Crippen LogP contribution in [0.2, 0.25) is 0 Å². The van der Waals surface area contributed by atoms with Gasteiger partial charge in [-0.25, -0.2) is 0 Å². The molecule has 2 aromatic rings. The molecule has 0 saturated heterocycles. The number of phenols is 1. The highest BCUT2D eigenvalue weighted by Crippen LogP contribution is 2.41. The van der Waals surface area contributed by atoms with Gasteiger partial charge in [-0.15, -0.1) is 0 Å². The van der Waals surface area contributed by atoms with E-state index in [1.807, 2.05) is 18.2 Å². The average Bonchev–Trinajstić information content (AvgIpc) is 2.34. The third-order valence-corrected chi connectivity index (χ3v) is 5.45. The van der Waals surface area contributed by atoms with Crippen LogP contribution in [0.4, 0.5) is 0 Å². The van der Waals surface area contributed by atoms with Crippen molar-refractivity contribution in [3.8, 4) is 5.75 Å². The van der Waals surface area contributed by atoms with Gasteiger partial charge in [0.2, 0.25) is 0 Å². The van der Waals surface area contributed by atoms with Gasteiger partial charge < -0.3 is 5.11 Å². The molecule has 0 aromatic heterocycles. The average molecular weight is 528 g/mol. The van der Waals surface area contributed by atoms with Crippen molar-refractivity contribution in [2.24, 2.45) is 0 Å². The fourth-order valence-electron chi connectivity index (χ4n) is 2.01. The van der Waals surface area contributed by atoms with Gasteiger partial charge in [-0.2, -0.15) is 0 Å². The monoisotopic (exact) mass is 524 g/mol. The van der Waals surface area contributed by atoms with Crippen molar-refractivity contribution in [1.82, 2.24) is 0 Å². The van der Waals surface area contributed by atoms with Crippen LogP contribution in [0.3, 0.4) is 0 Å². The molecule has 0 radical (unpaired) electrons. The zero-order valence-corrected chi connectivity index (χ0v) is 17.2. The molecule has 0 heterocycles. The molecule has 0 fully saturated rings. The Labute approximate surface area is 152 Å². The van der Waals surface area contributed by atoms with Crippen LogP contribution in [0.25, 0.3) is 0 Å². The molecule has 5 heteroatoms. The largest absolute Gasteiger partial charge is 0.506 e. The molecule has 2 rings (SSSR count). The molecular weight excluding hydrogens is 516 g/mol. The first-order valence-corrected chi connectivity index (χ1v) is 9.04. The number of halogens is 4. The SMILES string of the molecule is CC(C)(c1cc(Br)cc(Br)c1)c1cc(Br)c(O)c(Br)c1. The maximum absolute atomic E-state index is 9.85. The Kier molecular flexibility index (Phi) is 5.05. The van der Waals surface area contributed by atoms with Crippen LogP contribution in [0.15, 0.2) is 48.2 Å². The topological polar surface area (TPSA) is 20.2 Å². The Hall–Kier alpha value is 0.160. The van der Waals surface area contributed by atoms with E-state index in [2.05, 4.69) is 89.7 Å². The molecule has 0 saturated carbocycles. The Morgan fingerprint density at radius 2 is 1.15 bits per heavy atom. The van der Waals surface area contributed by atoms with Crippen molar-refractivity contribution in [1.29, 1.82) is 0 Å². The molecule has 0 amide bonds. The molecule has 1 nitrogen and oxygen atoms in total. The van der Waals surface area contributed by atoms with Gasteiger partial charge in [0.15, 0.2) is 0 Å². The molecule has 2 aromatic carbocycles. The van der Waals surface area contributed by atoms with E-state index in [9.17, 15) is 5.11 Å². The summed E-state index contributed by atoms with van der Waals surface area (Å²) in [6, 6.07) is 10.1. The highest BCUT2D eigenvalue weighted by atomic mass is 79.9. The summed E-state index contributed by atoms with van der Waals surface area (Å²) in [4.78, 5) is 0. The predicted molar refractivity (Wildman–Crippen MR) is 97.5 cm³/mol. The van der Waals surface area contributed by atoms with E-state index in [0.717, 1.165) is 14.5 Å². The normalized spacial score (nSPS) is 11.7. The summed E-state index contributed by atoms with van der Waals surface area (Å²) >= 11 is 13.8. The van der Waals surface area contributed by atoms with Gasteiger partial charge in [0.25, 0.3) is 0 Å². The summed E-state index contributed by atoms with van der Waals surface area (Å²) in [7, 11) is 0. The number of rotatable bonds is 2. The minimum atomic E-state index is -0.189. The Morgan fingerprint density at radius 1 is 0.750 bits per heavy atom. The van der Waals surface area contributed by atoms with Crippen molar-refractivity contribution in [3.05, 3.63) is 59.3 Å². The third-order valence-electron chi connectivity index (χ3n) is 3.32. The molecule has 0 bridgehead atoms. The fraction of sp³-hybridized carbons (Fsp3) is 0.200. The van der Waals surface area contributed by atoms with E-state index in [0.29, 0.717) is 8.95 Å². The number of phenolic OH excluding ortho intramolecular Hbond substituents is 1. The lowest BCUT2D eigenvalue weighted by Gasteiger charge is -2.27. The van der Waals surface area contributed by atoms with E-state index in [1.54, 1.807) is 0 Å². The van der Waals surface area contributed by atoms with E-state index in [-0.39, 0.29) is 11.2 Å². The Balaban J connectivity index is 2.59. The highest BCUT2D eigenvalue weighted by molar-refractivity contribution is 9.11. The van der Waals surface area contributed by atoms with E-state index in [1.165, 1.54) is 5.56 Å². The van der Waals surface area contributed by atoms with Gasteiger partial charge in [-0.05, 0) is 73.3 Å². The number of hydrogen-bond acceptors (Lipinski definition) is 1. The first-order chi connectivity index (χ1) is 9.21. The molecule has 0 aliphatic heterocycles. The maximum atomic E-state index is 9.85. The minimum absolute atomic E-state index is 0.189. The van der Waals surface area contributed by atoms with E-state index >= 15 is 0 Å². The summed E-state index contributed by atoms with van der Waals surface area (Å²) in [6.07, 6.45) is 0. The predicted octanol–water partition coefficient (Wildman–Crippen LogP) is 6.77. The van der Waals surface area contributed by atoms with Crippen LogP contribution in [-0.2, 0) is 5.41 Å². The zero-order valence-electron chi connectivity index (χ0n) is 10.8. The third kappa shape index (κ3) is 3.32. The maximum Gasteiger partial charge on any atom is 0.143 e. The molecule has 1 N–H and O–H groups in total. The summed E-state index contributed by atoms with van der Waals surface area (Å²) in [6.45, 7) is 4.32. The molecule has 0 aliphatic rings. The lowest BCUT2D eigenvalue weighted by Crippen LogP contribution is -2.19. The number of aromatic hydroxyl groups is 1. The van der Waals surface area contributed by atoms with Crippen LogP contribution in [0, 0.1) is 0 Å². The van der Waals surface area contributed by atoms with Gasteiger partial charge in [0, 0.05) is 14.4 Å². The molecule has 0 atom stereocenters. The second kappa shape index (κ2) is 6.11. The van der Waals surface area contributed by atoms with Crippen LogP contribution >= 0.6 is 63.7 Å². The Morgan fingerprint density at radius 3 is 1.60 bits per heavy atom. The van der Waals surface area contributed by atoms with Crippen LogP contribution < -0.4 is 0 Å². The molecule has 0 spiro atoms. The molecule has 106 valence electrons. The molecule has 0 aliphatic carbocycles. The highest BCUT2D eigenvalue weighted by Gasteiger charge is 2.25. The number of hydrogen-bond donors (Lipinski definition) is 1. The summed E-state index contributed by atoms with van der Waals surface area (Å²) in [5, 5.41) is 9.85. The zero-order chi connectivity index (χ0) is 15.1. The lowest BCUT2D eigenvalue weighted by atomic mass is 9.78. The van der Waals surface area contributed by atoms with Crippen molar-refractivity contribution in [3.63, 3.8) is 0 Å². The second-order valence-electron chi connectivity index (χ2n) is 5.07. The van der Waals surface area contributed by atoms with Crippen LogP contribution in [-0.4, -0.2) is 5.11 Å². The summed E-state index contributed by atoms with van der Waals surface area (Å²) in [5.41, 5.74) is 2.10. The molecule has 20 heavy (non-hydrogen) atoms. The Bertz CT molecular complexity index is 622. The van der Waals surface area contributed by atoms with Crippen molar-refractivity contribution < 1.29 is 5.11 Å². The quantitative estimate of drug-likeness (QED) is 0.457. The molecular formula is C15H12Br4O. The summed E-state index contributed by atoms with van der Waals surface area (Å²) in [5.74, 6) is 0.222. The smallest absolute Gasteiger partial charge is 0.143 e. The van der Waals surface area contributed by atoms with E-state index in [4.69, 9.17) is 0 Å². The first kappa shape index (κ1) is 16.5. The van der Waals surface area contributed by atoms with E-state index < -0.39 is 0 Å². The van der Waals surface area contributed by atoms with Gasteiger partial charge in [0.1, 0.15) is 5.75 Å². The van der Waals surface area contributed by atoms with Crippen LogP contribution in [0.5, 0.6) is 5.75 Å². The summed E-state index contributed by atoms with van der Waals surface area (Å²) < 4.78 is 3.44. The van der Waals surface area contributed by atoms with Gasteiger partial charge in [-0.3, -0.25) is 0 Å². The molecule has 0 unspecified atom stereocenters.